The highest BCUT2D eigenvalue weighted by molar-refractivity contribution is 7.92. The monoisotopic (exact) mass is 421 g/mol. The fourth-order valence-corrected chi connectivity index (χ4v) is 3.80. The Bertz CT molecular complexity index is 1250. The van der Waals surface area contributed by atoms with Crippen molar-refractivity contribution in [1.29, 1.82) is 0 Å². The number of sulfonamides is 1. The molecule has 30 heavy (non-hydrogen) atoms. The summed E-state index contributed by atoms with van der Waals surface area (Å²) < 4.78 is 35.0. The molecule has 0 aliphatic carbocycles. The molecule has 2 heterocycles. The van der Waals surface area contributed by atoms with Gasteiger partial charge >= 0.3 is 0 Å². The molecule has 0 bridgehead atoms. The highest BCUT2D eigenvalue weighted by Gasteiger charge is 2.14. The van der Waals surface area contributed by atoms with Crippen LogP contribution in [0.5, 0.6) is 11.6 Å². The predicted molar refractivity (Wildman–Crippen MR) is 112 cm³/mol. The molecule has 0 saturated heterocycles. The van der Waals surface area contributed by atoms with Crippen LogP contribution in [0.25, 0.3) is 5.82 Å². The number of rotatable bonds is 6. The molecule has 0 radical (unpaired) electrons. The number of aryl methyl sites for hydroxylation is 2. The van der Waals surface area contributed by atoms with Gasteiger partial charge in [-0.15, -0.1) is 0 Å². The van der Waals surface area contributed by atoms with Gasteiger partial charge in [0, 0.05) is 24.1 Å². The van der Waals surface area contributed by atoms with Crippen molar-refractivity contribution in [1.82, 2.24) is 19.7 Å². The van der Waals surface area contributed by atoms with Crippen molar-refractivity contribution >= 4 is 15.7 Å². The fourth-order valence-electron chi connectivity index (χ4n) is 2.74. The van der Waals surface area contributed by atoms with Gasteiger partial charge in [0.2, 0.25) is 5.88 Å². The Morgan fingerprint density at radius 3 is 2.37 bits per heavy atom. The van der Waals surface area contributed by atoms with E-state index in [1.54, 1.807) is 84.7 Å². The molecule has 0 aliphatic heterocycles. The molecule has 4 aromatic rings. The summed E-state index contributed by atoms with van der Waals surface area (Å²) in [7, 11) is -3.66. The lowest BCUT2D eigenvalue weighted by Gasteiger charge is -2.10. The van der Waals surface area contributed by atoms with E-state index in [9.17, 15) is 8.42 Å². The van der Waals surface area contributed by atoms with E-state index in [1.165, 1.54) is 0 Å². The molecule has 0 saturated carbocycles. The Kier molecular flexibility index (Phi) is 5.20. The standard InChI is InChI=1S/C21H19N5O3S/c1-15-4-10-19(11-5-15)30(27,28)25-17-6-8-18(9-7-17)29-21-14-20(23-16(2)24-21)26-13-3-12-22-26/h3-14,25H,1-2H3. The second kappa shape index (κ2) is 7.96. The molecular weight excluding hydrogens is 402 g/mol. The van der Waals surface area contributed by atoms with Crippen molar-refractivity contribution in [2.75, 3.05) is 4.72 Å². The molecule has 0 spiro atoms. The van der Waals surface area contributed by atoms with Gasteiger partial charge in [0.15, 0.2) is 5.82 Å². The Hall–Kier alpha value is -3.72. The average molecular weight is 421 g/mol. The summed E-state index contributed by atoms with van der Waals surface area (Å²) in [6, 6.07) is 16.7. The summed E-state index contributed by atoms with van der Waals surface area (Å²) in [4.78, 5) is 8.83. The first-order valence-corrected chi connectivity index (χ1v) is 10.6. The molecule has 0 atom stereocenters. The second-order valence-electron chi connectivity index (χ2n) is 6.61. The molecule has 0 aliphatic rings. The van der Waals surface area contributed by atoms with Gasteiger partial charge in [-0.1, -0.05) is 17.7 Å². The van der Waals surface area contributed by atoms with Crippen LogP contribution in [0.15, 0.2) is 78.0 Å². The molecule has 2 aromatic heterocycles. The van der Waals surface area contributed by atoms with Crippen molar-refractivity contribution in [3.63, 3.8) is 0 Å². The minimum atomic E-state index is -3.66. The van der Waals surface area contributed by atoms with E-state index in [4.69, 9.17) is 4.74 Å². The fraction of sp³-hybridized carbons (Fsp3) is 0.0952. The van der Waals surface area contributed by atoms with Crippen LogP contribution in [0.4, 0.5) is 5.69 Å². The quantitative estimate of drug-likeness (QED) is 0.507. The maximum absolute atomic E-state index is 12.5. The Morgan fingerprint density at radius 2 is 1.70 bits per heavy atom. The van der Waals surface area contributed by atoms with Gasteiger partial charge in [-0.3, -0.25) is 4.72 Å². The lowest BCUT2D eigenvalue weighted by molar-refractivity contribution is 0.459. The number of benzene rings is 2. The van der Waals surface area contributed by atoms with Crippen molar-refractivity contribution in [2.45, 2.75) is 18.7 Å². The van der Waals surface area contributed by atoms with Crippen LogP contribution in [-0.2, 0) is 10.0 Å². The third-order valence-corrected chi connectivity index (χ3v) is 5.60. The van der Waals surface area contributed by atoms with Crippen LogP contribution in [-0.4, -0.2) is 28.2 Å². The van der Waals surface area contributed by atoms with Crippen LogP contribution >= 0.6 is 0 Å². The zero-order chi connectivity index (χ0) is 21.1. The topological polar surface area (TPSA) is 99.0 Å². The second-order valence-corrected chi connectivity index (χ2v) is 8.29. The molecule has 0 unspecified atom stereocenters. The summed E-state index contributed by atoms with van der Waals surface area (Å²) in [5.74, 6) is 2.00. The van der Waals surface area contributed by atoms with Crippen molar-refractivity contribution in [3.8, 4) is 17.4 Å². The van der Waals surface area contributed by atoms with Crippen molar-refractivity contribution < 1.29 is 13.2 Å². The number of nitrogens with one attached hydrogen (secondary N) is 1. The number of nitrogens with zero attached hydrogens (tertiary/aromatic N) is 4. The highest BCUT2D eigenvalue weighted by Crippen LogP contribution is 2.24. The molecule has 1 N–H and O–H groups in total. The molecule has 2 aromatic carbocycles. The maximum atomic E-state index is 12.5. The number of hydrogen-bond acceptors (Lipinski definition) is 6. The van der Waals surface area contributed by atoms with E-state index in [0.29, 0.717) is 29.0 Å². The van der Waals surface area contributed by atoms with Crippen LogP contribution in [0.3, 0.4) is 0 Å². The van der Waals surface area contributed by atoms with E-state index in [1.807, 2.05) is 6.92 Å². The SMILES string of the molecule is Cc1ccc(S(=O)(=O)Nc2ccc(Oc3cc(-n4cccn4)nc(C)n3)cc2)cc1. The maximum Gasteiger partial charge on any atom is 0.261 e. The number of anilines is 1. The highest BCUT2D eigenvalue weighted by atomic mass is 32.2. The molecule has 152 valence electrons. The van der Waals surface area contributed by atoms with Crippen molar-refractivity contribution in [3.05, 3.63) is 84.4 Å². The van der Waals surface area contributed by atoms with E-state index >= 15 is 0 Å². The van der Waals surface area contributed by atoms with E-state index in [0.717, 1.165) is 5.56 Å². The number of hydrogen-bond donors (Lipinski definition) is 1. The van der Waals surface area contributed by atoms with E-state index in [2.05, 4.69) is 19.8 Å². The third-order valence-electron chi connectivity index (χ3n) is 4.20. The van der Waals surface area contributed by atoms with Crippen LogP contribution in [0.1, 0.15) is 11.4 Å². The van der Waals surface area contributed by atoms with Gasteiger partial charge in [-0.25, -0.2) is 18.1 Å². The smallest absolute Gasteiger partial charge is 0.261 e. The molecular formula is C21H19N5O3S. The summed E-state index contributed by atoms with van der Waals surface area (Å²) in [5.41, 5.74) is 1.42. The number of aromatic nitrogens is 4. The van der Waals surface area contributed by atoms with Gasteiger partial charge < -0.3 is 4.74 Å². The van der Waals surface area contributed by atoms with Gasteiger partial charge in [-0.2, -0.15) is 10.1 Å². The first-order chi connectivity index (χ1) is 14.4. The predicted octanol–water partition coefficient (Wildman–Crippen LogP) is 3.87. The zero-order valence-electron chi connectivity index (χ0n) is 16.4. The van der Waals surface area contributed by atoms with Gasteiger partial charge in [0.1, 0.15) is 11.6 Å². The average Bonchev–Trinajstić information content (AvgIpc) is 3.24. The van der Waals surface area contributed by atoms with Gasteiger partial charge in [-0.05, 0) is 56.3 Å². The Morgan fingerprint density at radius 1 is 0.967 bits per heavy atom. The normalized spacial score (nSPS) is 11.3. The largest absolute Gasteiger partial charge is 0.439 e. The van der Waals surface area contributed by atoms with Crippen molar-refractivity contribution in [2.24, 2.45) is 0 Å². The molecule has 4 rings (SSSR count). The zero-order valence-corrected chi connectivity index (χ0v) is 17.2. The number of ether oxygens (including phenoxy) is 1. The minimum Gasteiger partial charge on any atom is -0.439 e. The van der Waals surface area contributed by atoms with Gasteiger partial charge in [0.25, 0.3) is 10.0 Å². The Labute approximate surface area is 174 Å². The molecule has 9 heteroatoms. The first kappa shape index (κ1) is 19.6. The van der Waals surface area contributed by atoms with E-state index in [-0.39, 0.29) is 4.90 Å². The third kappa shape index (κ3) is 4.47. The van der Waals surface area contributed by atoms with Gasteiger partial charge in [0.05, 0.1) is 4.90 Å². The van der Waals surface area contributed by atoms with E-state index < -0.39 is 10.0 Å². The molecule has 0 fully saturated rings. The summed E-state index contributed by atoms with van der Waals surface area (Å²) >= 11 is 0. The molecule has 0 amide bonds. The summed E-state index contributed by atoms with van der Waals surface area (Å²) in [6.45, 7) is 3.67. The summed E-state index contributed by atoms with van der Waals surface area (Å²) in [5, 5.41) is 4.16. The van der Waals surface area contributed by atoms with Crippen LogP contribution in [0.2, 0.25) is 0 Å². The lowest BCUT2D eigenvalue weighted by atomic mass is 10.2. The van der Waals surface area contributed by atoms with Crippen LogP contribution in [0, 0.1) is 13.8 Å². The lowest BCUT2D eigenvalue weighted by Crippen LogP contribution is -2.12. The Balaban J connectivity index is 1.50. The van der Waals surface area contributed by atoms with Crippen LogP contribution < -0.4 is 9.46 Å². The first-order valence-electron chi connectivity index (χ1n) is 9.12. The summed E-state index contributed by atoms with van der Waals surface area (Å²) in [6.07, 6.45) is 3.44. The minimum absolute atomic E-state index is 0.205. The molecule has 8 nitrogen and oxygen atoms in total.